The molecule has 4 rings (SSSR count). The van der Waals surface area contributed by atoms with E-state index in [1.807, 2.05) is 30.3 Å². The van der Waals surface area contributed by atoms with E-state index in [0.717, 1.165) is 5.56 Å². The highest BCUT2D eigenvalue weighted by atomic mass is 79.9. The lowest BCUT2D eigenvalue weighted by atomic mass is 10.2. The van der Waals surface area contributed by atoms with Gasteiger partial charge in [-0.15, -0.1) is 0 Å². The van der Waals surface area contributed by atoms with Crippen molar-refractivity contribution >= 4 is 32.7 Å². The summed E-state index contributed by atoms with van der Waals surface area (Å²) in [6.45, 7) is 0.594. The number of halogens is 1. The molecular formula is C19H17BrN6O2. The largest absolute Gasteiger partial charge is 0.487 e. The third-order valence-electron chi connectivity index (χ3n) is 4.05. The molecule has 2 N–H and O–H groups in total. The van der Waals surface area contributed by atoms with Gasteiger partial charge in [-0.2, -0.15) is 5.10 Å². The minimum atomic E-state index is 0.185. The van der Waals surface area contributed by atoms with Gasteiger partial charge >= 0.3 is 0 Å². The number of aryl methyl sites for hydroxylation is 1. The molecule has 9 heteroatoms. The van der Waals surface area contributed by atoms with E-state index in [2.05, 4.69) is 36.0 Å². The molecule has 28 heavy (non-hydrogen) atoms. The first kappa shape index (κ1) is 18.2. The molecule has 0 saturated carbocycles. The summed E-state index contributed by atoms with van der Waals surface area (Å²) in [6, 6.07) is 11.7. The molecule has 0 spiro atoms. The third kappa shape index (κ3) is 3.74. The van der Waals surface area contributed by atoms with Crippen LogP contribution in [0.4, 0.5) is 5.82 Å². The smallest absolute Gasteiger partial charge is 0.188 e. The van der Waals surface area contributed by atoms with Crippen LogP contribution in [-0.4, -0.2) is 24.7 Å². The molecule has 8 nitrogen and oxygen atoms in total. The number of hydrogen-bond donors (Lipinski definition) is 1. The van der Waals surface area contributed by atoms with Crippen LogP contribution in [0.25, 0.3) is 10.9 Å². The highest BCUT2D eigenvalue weighted by molar-refractivity contribution is 9.10. The molecule has 0 bridgehead atoms. The van der Waals surface area contributed by atoms with Gasteiger partial charge in [0.2, 0.25) is 0 Å². The van der Waals surface area contributed by atoms with Gasteiger partial charge in [0.05, 0.1) is 15.4 Å². The summed E-state index contributed by atoms with van der Waals surface area (Å²) in [7, 11) is 1.80. The Morgan fingerprint density at radius 1 is 1.04 bits per heavy atom. The molecule has 0 saturated heterocycles. The molecule has 0 amide bonds. The number of nitrogens with two attached hydrogens (primary N) is 1. The molecular weight excluding hydrogens is 424 g/mol. The van der Waals surface area contributed by atoms with Crippen molar-refractivity contribution in [3.63, 3.8) is 0 Å². The van der Waals surface area contributed by atoms with Crippen LogP contribution >= 0.6 is 15.9 Å². The average Bonchev–Trinajstić information content (AvgIpc) is 3.13. The van der Waals surface area contributed by atoms with Crippen molar-refractivity contribution < 1.29 is 9.47 Å². The average molecular weight is 441 g/mol. The van der Waals surface area contributed by atoms with Gasteiger partial charge in [0.25, 0.3) is 0 Å². The number of ether oxygens (including phenoxy) is 2. The van der Waals surface area contributed by atoms with E-state index in [1.54, 1.807) is 24.1 Å². The summed E-state index contributed by atoms with van der Waals surface area (Å²) in [4.78, 5) is 12.6. The van der Waals surface area contributed by atoms with Gasteiger partial charge in [0.15, 0.2) is 5.82 Å². The van der Waals surface area contributed by atoms with Crippen LogP contribution in [0, 0.1) is 0 Å². The lowest BCUT2D eigenvalue weighted by Crippen LogP contribution is -2.04. The number of fused-ring (bicyclic) bond motifs is 1. The van der Waals surface area contributed by atoms with Crippen molar-refractivity contribution in [1.29, 1.82) is 0 Å². The third-order valence-corrected chi connectivity index (χ3v) is 4.82. The predicted molar refractivity (Wildman–Crippen MR) is 108 cm³/mol. The molecule has 0 unspecified atom stereocenters. The fourth-order valence-corrected chi connectivity index (χ4v) is 3.26. The summed E-state index contributed by atoms with van der Waals surface area (Å²) in [6.07, 6.45) is 3.03. The quantitative estimate of drug-likeness (QED) is 0.490. The minimum Gasteiger partial charge on any atom is -0.487 e. The normalized spacial score (nSPS) is 10.9. The van der Waals surface area contributed by atoms with Crippen LogP contribution in [0.1, 0.15) is 11.4 Å². The van der Waals surface area contributed by atoms with Gasteiger partial charge in [-0.05, 0) is 21.5 Å². The fourth-order valence-electron chi connectivity index (χ4n) is 2.73. The zero-order chi connectivity index (χ0) is 19.5. The Kier molecular flexibility index (Phi) is 5.07. The summed E-state index contributed by atoms with van der Waals surface area (Å²) in [5.74, 6) is 1.98. The second-order valence-corrected chi connectivity index (χ2v) is 6.86. The van der Waals surface area contributed by atoms with Gasteiger partial charge < -0.3 is 15.2 Å². The molecule has 2 aromatic heterocycles. The minimum absolute atomic E-state index is 0.185. The van der Waals surface area contributed by atoms with Crippen molar-refractivity contribution in [1.82, 2.24) is 24.7 Å². The van der Waals surface area contributed by atoms with Crippen molar-refractivity contribution in [3.8, 4) is 11.5 Å². The number of anilines is 1. The number of nitrogen functional groups attached to an aromatic ring is 1. The van der Waals surface area contributed by atoms with E-state index in [-0.39, 0.29) is 6.61 Å². The molecule has 0 aliphatic rings. The Balaban J connectivity index is 1.68. The predicted octanol–water partition coefficient (Wildman–Crippen LogP) is 3.26. The first-order valence-corrected chi connectivity index (χ1v) is 9.28. The lowest BCUT2D eigenvalue weighted by molar-refractivity contribution is 0.286. The van der Waals surface area contributed by atoms with Crippen LogP contribution in [0.3, 0.4) is 0 Å². The Bertz CT molecular complexity index is 1120. The van der Waals surface area contributed by atoms with Crippen molar-refractivity contribution in [2.45, 2.75) is 13.2 Å². The van der Waals surface area contributed by atoms with Crippen molar-refractivity contribution in [2.75, 3.05) is 5.73 Å². The molecule has 4 aromatic rings. The van der Waals surface area contributed by atoms with Crippen molar-refractivity contribution in [2.24, 2.45) is 7.05 Å². The molecule has 0 fully saturated rings. The maximum atomic E-state index is 6.09. The topological polar surface area (TPSA) is 101 Å². The van der Waals surface area contributed by atoms with Crippen LogP contribution in [0.2, 0.25) is 0 Å². The van der Waals surface area contributed by atoms with Crippen LogP contribution in [-0.2, 0) is 20.3 Å². The van der Waals surface area contributed by atoms with E-state index in [4.69, 9.17) is 15.2 Å². The van der Waals surface area contributed by atoms with E-state index in [9.17, 15) is 0 Å². The maximum Gasteiger partial charge on any atom is 0.188 e. The SMILES string of the molecule is Cn1cnc(COc2cc(OCc3ccccc3)c(Br)c3ncnc(N)c23)n1. The number of benzene rings is 2. The first-order chi connectivity index (χ1) is 13.6. The number of hydrogen-bond acceptors (Lipinski definition) is 7. The Hall–Kier alpha value is -3.20. The van der Waals surface area contributed by atoms with Gasteiger partial charge in [-0.25, -0.2) is 15.0 Å². The zero-order valence-electron chi connectivity index (χ0n) is 15.0. The Morgan fingerprint density at radius 3 is 2.57 bits per heavy atom. The van der Waals surface area contributed by atoms with Gasteiger partial charge in [-0.3, -0.25) is 4.68 Å². The van der Waals surface area contributed by atoms with E-state index >= 15 is 0 Å². The van der Waals surface area contributed by atoms with Gasteiger partial charge in [0, 0.05) is 13.1 Å². The van der Waals surface area contributed by atoms with E-state index in [0.29, 0.717) is 45.1 Å². The molecule has 0 aliphatic heterocycles. The Labute approximate surface area is 169 Å². The van der Waals surface area contributed by atoms with Gasteiger partial charge in [-0.1, -0.05) is 30.3 Å². The number of aromatic nitrogens is 5. The lowest BCUT2D eigenvalue weighted by Gasteiger charge is -2.15. The summed E-state index contributed by atoms with van der Waals surface area (Å²) < 4.78 is 14.3. The second-order valence-electron chi connectivity index (χ2n) is 6.07. The van der Waals surface area contributed by atoms with E-state index in [1.165, 1.54) is 6.33 Å². The monoisotopic (exact) mass is 440 g/mol. The summed E-state index contributed by atoms with van der Waals surface area (Å²) >= 11 is 3.57. The fraction of sp³-hybridized carbons (Fsp3) is 0.158. The summed E-state index contributed by atoms with van der Waals surface area (Å²) in [5.41, 5.74) is 7.75. The number of nitrogens with zero attached hydrogens (tertiary/aromatic N) is 5. The highest BCUT2D eigenvalue weighted by Gasteiger charge is 2.17. The molecule has 0 atom stereocenters. The molecule has 0 aliphatic carbocycles. The van der Waals surface area contributed by atoms with Crippen LogP contribution in [0.15, 0.2) is 53.5 Å². The molecule has 2 heterocycles. The molecule has 0 radical (unpaired) electrons. The first-order valence-electron chi connectivity index (χ1n) is 8.48. The molecule has 142 valence electrons. The maximum absolute atomic E-state index is 6.09. The van der Waals surface area contributed by atoms with Crippen LogP contribution < -0.4 is 15.2 Å². The standard InChI is InChI=1S/C19H17BrN6O2/c1-26-11-24-15(25-26)9-28-13-7-14(27-8-12-5-3-2-4-6-12)17(20)18-16(13)19(21)23-10-22-18/h2-7,10-11H,8-9H2,1H3,(H2,21,22,23). The second kappa shape index (κ2) is 7.81. The van der Waals surface area contributed by atoms with Crippen molar-refractivity contribution in [3.05, 3.63) is 64.9 Å². The zero-order valence-corrected chi connectivity index (χ0v) is 16.6. The Morgan fingerprint density at radius 2 is 1.82 bits per heavy atom. The molecule has 2 aromatic carbocycles. The summed E-state index contributed by atoms with van der Waals surface area (Å²) in [5, 5.41) is 4.83. The van der Waals surface area contributed by atoms with Crippen LogP contribution in [0.5, 0.6) is 11.5 Å². The highest BCUT2D eigenvalue weighted by Crippen LogP contribution is 2.40. The van der Waals surface area contributed by atoms with E-state index < -0.39 is 0 Å². The van der Waals surface area contributed by atoms with Gasteiger partial charge in [0.1, 0.15) is 43.2 Å². The number of rotatable bonds is 6.